The van der Waals surface area contributed by atoms with Gasteiger partial charge < -0.3 is 44.1 Å². The monoisotopic (exact) mass is 866 g/mol. The summed E-state index contributed by atoms with van der Waals surface area (Å²) in [6.45, 7) is 7.89. The molecule has 2 aliphatic carbocycles. The summed E-state index contributed by atoms with van der Waals surface area (Å²) in [6.07, 6.45) is 10.1. The van der Waals surface area contributed by atoms with Crippen molar-refractivity contribution in [3.05, 3.63) is 41.8 Å². The third-order valence-corrected chi connectivity index (χ3v) is 15.2. The number of nitrogens with one attached hydrogen (secondary N) is 3. The van der Waals surface area contributed by atoms with Crippen LogP contribution in [0.5, 0.6) is 11.5 Å². The smallest absolute Gasteiger partial charge is 0.408 e. The molecule has 1 unspecified atom stereocenters. The van der Waals surface area contributed by atoms with Crippen LogP contribution in [0.25, 0.3) is 22.3 Å². The topological polar surface area (TPSA) is 180 Å². The summed E-state index contributed by atoms with van der Waals surface area (Å²) in [7, 11) is -2.27. The van der Waals surface area contributed by atoms with E-state index >= 15 is 0 Å². The second-order valence-electron chi connectivity index (χ2n) is 16.3. The van der Waals surface area contributed by atoms with Gasteiger partial charge in [0, 0.05) is 41.3 Å². The molecule has 60 heavy (non-hydrogen) atoms. The van der Waals surface area contributed by atoms with E-state index in [1.54, 1.807) is 21.0 Å². The summed E-state index contributed by atoms with van der Waals surface area (Å²) in [5, 5.41) is 11.5. The molecule has 5 atom stereocenters. The number of allylic oxidation sites excluding steroid dienone is 1. The van der Waals surface area contributed by atoms with Crippen LogP contribution in [0.3, 0.4) is 0 Å². The summed E-state index contributed by atoms with van der Waals surface area (Å²) < 4.78 is 44.4. The number of hydrogen-bond donors (Lipinski definition) is 3. The summed E-state index contributed by atoms with van der Waals surface area (Å²) in [6, 6.07) is 5.60. The van der Waals surface area contributed by atoms with E-state index in [0.717, 1.165) is 50.1 Å². The predicted molar refractivity (Wildman–Crippen MR) is 230 cm³/mol. The largest absolute Gasteiger partial charge is 0.497 e. The normalized spacial score (nSPS) is 25.8. The van der Waals surface area contributed by atoms with Crippen LogP contribution < -0.4 is 25.4 Å². The van der Waals surface area contributed by atoms with E-state index < -0.39 is 49.0 Å². The van der Waals surface area contributed by atoms with Crippen molar-refractivity contribution >= 4 is 52.9 Å². The molecule has 15 nitrogen and oxygen atoms in total. The van der Waals surface area contributed by atoms with Crippen LogP contribution in [0, 0.1) is 5.92 Å². The molecule has 7 rings (SSSR count). The van der Waals surface area contributed by atoms with Crippen molar-refractivity contribution in [1.82, 2.24) is 25.5 Å². The number of ether oxygens (including phenoxy) is 3. The van der Waals surface area contributed by atoms with E-state index in [1.807, 2.05) is 49.6 Å². The Kier molecular flexibility index (Phi) is 14.0. The van der Waals surface area contributed by atoms with Gasteiger partial charge in [-0.3, -0.25) is 14.2 Å². The molecule has 0 spiro atoms. The maximum atomic E-state index is 14.8. The van der Waals surface area contributed by atoms with Crippen LogP contribution >= 0.6 is 18.9 Å². The van der Waals surface area contributed by atoms with Gasteiger partial charge in [-0.2, -0.15) is 0 Å². The Morgan fingerprint density at radius 2 is 1.78 bits per heavy atom. The Morgan fingerprint density at radius 3 is 2.52 bits per heavy atom. The lowest BCUT2D eigenvalue weighted by molar-refractivity contribution is -0.140. The summed E-state index contributed by atoms with van der Waals surface area (Å²) in [5.74, 6) is -0.0654. The number of carbonyl (C=O) groups excluding carboxylic acids is 3. The molecule has 1 saturated heterocycles. The molecule has 17 heteroatoms. The summed E-state index contributed by atoms with van der Waals surface area (Å²) >= 11 is 1.48. The van der Waals surface area contributed by atoms with Gasteiger partial charge in [0.15, 0.2) is 5.13 Å². The van der Waals surface area contributed by atoms with E-state index in [-0.39, 0.29) is 44.2 Å². The number of rotatable bonds is 13. The lowest BCUT2D eigenvalue weighted by Gasteiger charge is -2.32. The highest BCUT2D eigenvalue weighted by atomic mass is 32.1. The van der Waals surface area contributed by atoms with Crippen molar-refractivity contribution in [2.45, 2.75) is 134 Å². The van der Waals surface area contributed by atoms with Crippen molar-refractivity contribution < 1.29 is 42.2 Å². The predicted octanol–water partition coefficient (Wildman–Crippen LogP) is 8.19. The zero-order valence-electron chi connectivity index (χ0n) is 35.3. The van der Waals surface area contributed by atoms with E-state index in [2.05, 4.69) is 22.0 Å². The number of alkyl carbamates (subject to hydrolysis) is 1. The molecule has 2 aliphatic heterocycles. The molecule has 2 aromatic heterocycles. The Morgan fingerprint density at radius 1 is 1.02 bits per heavy atom. The maximum absolute atomic E-state index is 14.8. The van der Waals surface area contributed by atoms with Gasteiger partial charge in [-0.15, -0.1) is 11.3 Å². The minimum absolute atomic E-state index is 0.0478. The second kappa shape index (κ2) is 19.2. The van der Waals surface area contributed by atoms with Gasteiger partial charge in [0.05, 0.1) is 38.1 Å². The number of carbonyl (C=O) groups is 3. The molecular weight excluding hydrogens is 808 g/mol. The van der Waals surface area contributed by atoms with Gasteiger partial charge in [-0.1, -0.05) is 25.0 Å². The van der Waals surface area contributed by atoms with Crippen molar-refractivity contribution in [2.24, 2.45) is 5.92 Å². The van der Waals surface area contributed by atoms with Gasteiger partial charge in [0.1, 0.15) is 46.8 Å². The number of pyridine rings is 1. The molecular formula is C43H59N6O9PS. The number of nitrogens with zero attached hydrogens (tertiary/aromatic N) is 3. The van der Waals surface area contributed by atoms with Crippen molar-refractivity contribution in [1.29, 1.82) is 0 Å². The van der Waals surface area contributed by atoms with Crippen LogP contribution in [-0.4, -0.2) is 95.3 Å². The zero-order chi connectivity index (χ0) is 42.4. The number of thiazole rings is 1. The van der Waals surface area contributed by atoms with E-state index in [9.17, 15) is 18.9 Å². The van der Waals surface area contributed by atoms with Gasteiger partial charge in [-0.05, 0) is 91.2 Å². The molecule has 0 bridgehead atoms. The summed E-state index contributed by atoms with van der Waals surface area (Å²) in [4.78, 5) is 54.1. The SMILES string of the molecule is CCOP(=O)(OCC)C12C[C@H]1/C=C\CCCCC[C@H](NC(=O)OC1CCCC1)C(=O)N1C[C@H](Oc3cc(-c4csc(NC(C)C)n4)nc4cc(OC)ccc34)C[C@H]1C(=O)N2. The van der Waals surface area contributed by atoms with E-state index in [1.165, 1.54) is 16.2 Å². The molecule has 3 N–H and O–H groups in total. The third-order valence-electron chi connectivity index (χ3n) is 11.6. The molecule has 4 aliphatic rings. The first-order chi connectivity index (χ1) is 28.9. The third kappa shape index (κ3) is 9.77. The van der Waals surface area contributed by atoms with Crippen LogP contribution in [0.2, 0.25) is 0 Å². The molecule has 0 radical (unpaired) electrons. The minimum Gasteiger partial charge on any atom is -0.497 e. The highest BCUT2D eigenvalue weighted by Gasteiger charge is 2.68. The Balaban J connectivity index is 1.23. The quantitative estimate of drug-likeness (QED) is 0.111. The number of hydrogen-bond acceptors (Lipinski definition) is 13. The molecule has 4 heterocycles. The fraction of sp³-hybridized carbons (Fsp3) is 0.605. The van der Waals surface area contributed by atoms with Crippen molar-refractivity contribution in [3.63, 3.8) is 0 Å². The molecule has 3 aromatic rings. The van der Waals surface area contributed by atoms with Gasteiger partial charge in [-0.25, -0.2) is 14.8 Å². The number of anilines is 1. The highest BCUT2D eigenvalue weighted by Crippen LogP contribution is 2.73. The molecule has 3 fully saturated rings. The summed E-state index contributed by atoms with van der Waals surface area (Å²) in [5.41, 5.74) is 1.87. The fourth-order valence-corrected chi connectivity index (χ4v) is 11.8. The Bertz CT molecular complexity index is 2080. The number of methoxy groups -OCH3 is 1. The van der Waals surface area contributed by atoms with Crippen LogP contribution in [0.1, 0.15) is 98.3 Å². The van der Waals surface area contributed by atoms with Gasteiger partial charge in [0.2, 0.25) is 11.8 Å². The first-order valence-corrected chi connectivity index (χ1v) is 23.9. The average Bonchev–Trinajstić information content (AvgIpc) is 3.64. The Hall–Kier alpha value is -4.24. The highest BCUT2D eigenvalue weighted by molar-refractivity contribution is 7.56. The molecule has 2 saturated carbocycles. The molecule has 1 aromatic carbocycles. The zero-order valence-corrected chi connectivity index (χ0v) is 37.0. The Labute approximate surface area is 356 Å². The van der Waals surface area contributed by atoms with Gasteiger partial charge >= 0.3 is 13.7 Å². The van der Waals surface area contributed by atoms with E-state index in [4.69, 9.17) is 33.2 Å². The van der Waals surface area contributed by atoms with Gasteiger partial charge in [0.25, 0.3) is 0 Å². The van der Waals surface area contributed by atoms with Crippen LogP contribution in [-0.2, 0) is 27.9 Å². The minimum atomic E-state index is -3.86. The lowest BCUT2D eigenvalue weighted by Crippen LogP contribution is -2.55. The molecule has 3 amide bonds. The van der Waals surface area contributed by atoms with Crippen molar-refractivity contribution in [2.75, 3.05) is 32.2 Å². The maximum Gasteiger partial charge on any atom is 0.408 e. The molecule has 326 valence electrons. The number of fused-ring (bicyclic) bond motifs is 3. The first-order valence-electron chi connectivity index (χ1n) is 21.5. The average molecular weight is 867 g/mol. The second-order valence-corrected chi connectivity index (χ2v) is 19.5. The fourth-order valence-electron chi connectivity index (χ4n) is 8.57. The van der Waals surface area contributed by atoms with Crippen LogP contribution in [0.15, 0.2) is 41.8 Å². The van der Waals surface area contributed by atoms with Crippen LogP contribution in [0.4, 0.5) is 9.93 Å². The number of amides is 3. The number of aromatic nitrogens is 2. The van der Waals surface area contributed by atoms with E-state index in [0.29, 0.717) is 53.1 Å². The lowest BCUT2D eigenvalue weighted by atomic mass is 10.0. The number of benzene rings is 1. The standard InChI is InChI=1S/C43H59N6O9PS/c1-6-55-59(53,56-7-2)43-24-28(43)15-11-9-8-10-12-18-33(47-42(52)58-29-16-13-14-17-29)40(51)49-25-31(22-37(49)39(50)48-43)57-38-23-35(36-26-60-41(46-36)44-27(3)4)45-34-21-30(54-5)19-20-32(34)38/h11,15,19-21,23,26-29,31,33,37H,6-10,12-14,16-18,22,24-25H2,1-5H3,(H,44,46)(H,47,52)(H,48,50)/b15-11-/t28-,31-,33+,37+,43?/m1/s1. The van der Waals surface area contributed by atoms with Crippen molar-refractivity contribution in [3.8, 4) is 22.9 Å². The first kappa shape index (κ1) is 43.8.